The SMILES string of the molecule is CNC(=O)CCN(C)CC(=O)N1CCNCC1. The van der Waals surface area contributed by atoms with Crippen LogP contribution in [0.15, 0.2) is 0 Å². The molecule has 0 unspecified atom stereocenters. The lowest BCUT2D eigenvalue weighted by Crippen LogP contribution is -2.49. The van der Waals surface area contributed by atoms with Crippen LogP contribution in [0, 0.1) is 0 Å². The molecule has 1 fully saturated rings. The highest BCUT2D eigenvalue weighted by Gasteiger charge is 2.17. The van der Waals surface area contributed by atoms with Gasteiger partial charge < -0.3 is 15.5 Å². The standard InChI is InChI=1S/C11H22N4O2/c1-12-10(16)3-6-14(2)9-11(17)15-7-4-13-5-8-15/h13H,3-9H2,1-2H3,(H,12,16). The van der Waals surface area contributed by atoms with Crippen LogP contribution in [0.2, 0.25) is 0 Å². The van der Waals surface area contributed by atoms with Crippen molar-refractivity contribution in [3.63, 3.8) is 0 Å². The Labute approximate surface area is 102 Å². The third-order valence-electron chi connectivity index (χ3n) is 2.87. The van der Waals surface area contributed by atoms with E-state index in [0.717, 1.165) is 26.2 Å². The topological polar surface area (TPSA) is 64.7 Å². The summed E-state index contributed by atoms with van der Waals surface area (Å²) in [5.41, 5.74) is 0. The number of amides is 2. The van der Waals surface area contributed by atoms with Crippen LogP contribution in [0.3, 0.4) is 0 Å². The molecule has 0 atom stereocenters. The van der Waals surface area contributed by atoms with Crippen molar-refractivity contribution in [3.05, 3.63) is 0 Å². The summed E-state index contributed by atoms with van der Waals surface area (Å²) < 4.78 is 0. The van der Waals surface area contributed by atoms with Gasteiger partial charge in [-0.25, -0.2) is 0 Å². The first kappa shape index (κ1) is 13.9. The van der Waals surface area contributed by atoms with Gasteiger partial charge in [-0.2, -0.15) is 0 Å². The van der Waals surface area contributed by atoms with Gasteiger partial charge in [0.05, 0.1) is 6.54 Å². The van der Waals surface area contributed by atoms with E-state index >= 15 is 0 Å². The van der Waals surface area contributed by atoms with E-state index in [4.69, 9.17) is 0 Å². The first-order valence-corrected chi connectivity index (χ1v) is 6.01. The number of nitrogens with one attached hydrogen (secondary N) is 2. The van der Waals surface area contributed by atoms with E-state index in [1.807, 2.05) is 16.8 Å². The molecule has 0 bridgehead atoms. The van der Waals surface area contributed by atoms with Crippen LogP contribution in [0.4, 0.5) is 0 Å². The second kappa shape index (κ2) is 7.24. The summed E-state index contributed by atoms with van der Waals surface area (Å²) in [6.45, 7) is 4.29. The number of likely N-dealkylation sites (N-methyl/N-ethyl adjacent to an activating group) is 1. The summed E-state index contributed by atoms with van der Waals surface area (Å²) in [5.74, 6) is 0.150. The maximum absolute atomic E-state index is 11.9. The number of hydrogen-bond donors (Lipinski definition) is 2. The van der Waals surface area contributed by atoms with Crippen LogP contribution in [0.25, 0.3) is 0 Å². The summed E-state index contributed by atoms with van der Waals surface area (Å²) in [6, 6.07) is 0. The largest absolute Gasteiger partial charge is 0.359 e. The van der Waals surface area contributed by atoms with Gasteiger partial charge in [-0.1, -0.05) is 0 Å². The molecule has 1 rings (SSSR count). The molecule has 1 aliphatic heterocycles. The van der Waals surface area contributed by atoms with Gasteiger partial charge in [0.25, 0.3) is 0 Å². The van der Waals surface area contributed by atoms with Gasteiger partial charge in [0, 0.05) is 46.2 Å². The molecule has 0 aromatic heterocycles. The minimum atomic E-state index is 0.00599. The molecule has 6 heteroatoms. The molecule has 1 saturated heterocycles. The summed E-state index contributed by atoms with van der Waals surface area (Å²) in [6.07, 6.45) is 0.432. The van der Waals surface area contributed by atoms with E-state index in [1.54, 1.807) is 7.05 Å². The molecule has 98 valence electrons. The molecule has 6 nitrogen and oxygen atoms in total. The monoisotopic (exact) mass is 242 g/mol. The van der Waals surface area contributed by atoms with Crippen molar-refractivity contribution in [2.45, 2.75) is 6.42 Å². The lowest BCUT2D eigenvalue weighted by atomic mass is 10.3. The fraction of sp³-hybridized carbons (Fsp3) is 0.818. The van der Waals surface area contributed by atoms with E-state index < -0.39 is 0 Å². The number of piperazine rings is 1. The fourth-order valence-electron chi connectivity index (χ4n) is 1.74. The average molecular weight is 242 g/mol. The lowest BCUT2D eigenvalue weighted by Gasteiger charge is -2.29. The van der Waals surface area contributed by atoms with Crippen LogP contribution in [-0.4, -0.2) is 75.0 Å². The molecule has 0 aromatic carbocycles. The van der Waals surface area contributed by atoms with Gasteiger partial charge in [0.1, 0.15) is 0 Å². The lowest BCUT2D eigenvalue weighted by molar-refractivity contribution is -0.133. The first-order chi connectivity index (χ1) is 8.13. The van der Waals surface area contributed by atoms with E-state index in [2.05, 4.69) is 10.6 Å². The molecular formula is C11H22N4O2. The van der Waals surface area contributed by atoms with Gasteiger partial charge in [0.15, 0.2) is 0 Å². The highest BCUT2D eigenvalue weighted by atomic mass is 16.2. The molecule has 0 aliphatic carbocycles. The van der Waals surface area contributed by atoms with Gasteiger partial charge >= 0.3 is 0 Å². The Kier molecular flexibility index (Phi) is 5.93. The van der Waals surface area contributed by atoms with Crippen molar-refractivity contribution in [2.24, 2.45) is 0 Å². The van der Waals surface area contributed by atoms with E-state index in [9.17, 15) is 9.59 Å². The maximum Gasteiger partial charge on any atom is 0.236 e. The summed E-state index contributed by atoms with van der Waals surface area (Å²) in [4.78, 5) is 26.7. The molecule has 1 aliphatic rings. The van der Waals surface area contributed by atoms with Gasteiger partial charge in [-0.3, -0.25) is 14.5 Å². The summed E-state index contributed by atoms with van der Waals surface area (Å²) in [5, 5.41) is 5.78. The van der Waals surface area contributed by atoms with Crippen molar-refractivity contribution < 1.29 is 9.59 Å². The number of carbonyl (C=O) groups excluding carboxylic acids is 2. The third-order valence-corrected chi connectivity index (χ3v) is 2.87. The predicted octanol–water partition coefficient (Wildman–Crippen LogP) is -1.51. The number of hydrogen-bond acceptors (Lipinski definition) is 4. The highest BCUT2D eigenvalue weighted by Crippen LogP contribution is 1.96. The average Bonchev–Trinajstić information content (AvgIpc) is 2.36. The molecule has 0 saturated carbocycles. The van der Waals surface area contributed by atoms with Crippen molar-refractivity contribution in [1.82, 2.24) is 20.4 Å². The Morgan fingerprint density at radius 3 is 2.59 bits per heavy atom. The van der Waals surface area contributed by atoms with Crippen LogP contribution >= 0.6 is 0 Å². The maximum atomic E-state index is 11.9. The molecule has 2 N–H and O–H groups in total. The Morgan fingerprint density at radius 1 is 1.35 bits per heavy atom. The van der Waals surface area contributed by atoms with Crippen molar-refractivity contribution in [2.75, 3.05) is 53.4 Å². The number of rotatable bonds is 5. The van der Waals surface area contributed by atoms with Gasteiger partial charge in [0.2, 0.25) is 11.8 Å². The zero-order chi connectivity index (χ0) is 12.7. The Morgan fingerprint density at radius 2 is 2.00 bits per heavy atom. The third kappa shape index (κ3) is 5.14. The van der Waals surface area contributed by atoms with Crippen molar-refractivity contribution >= 4 is 11.8 Å². The summed E-state index contributed by atoms with van der Waals surface area (Å²) in [7, 11) is 3.48. The quantitative estimate of drug-likeness (QED) is 0.615. The minimum Gasteiger partial charge on any atom is -0.359 e. The normalized spacial score (nSPS) is 16.1. The number of nitrogens with zero attached hydrogens (tertiary/aromatic N) is 2. The van der Waals surface area contributed by atoms with Crippen LogP contribution in [0.1, 0.15) is 6.42 Å². The van der Waals surface area contributed by atoms with Crippen LogP contribution in [0.5, 0.6) is 0 Å². The first-order valence-electron chi connectivity index (χ1n) is 6.01. The van der Waals surface area contributed by atoms with E-state index in [1.165, 1.54) is 0 Å². The second-order valence-corrected chi connectivity index (χ2v) is 4.29. The second-order valence-electron chi connectivity index (χ2n) is 4.29. The fourth-order valence-corrected chi connectivity index (χ4v) is 1.74. The van der Waals surface area contributed by atoms with E-state index in [-0.39, 0.29) is 11.8 Å². The predicted molar refractivity (Wildman–Crippen MR) is 65.6 cm³/mol. The van der Waals surface area contributed by atoms with Crippen molar-refractivity contribution in [3.8, 4) is 0 Å². The van der Waals surface area contributed by atoms with Gasteiger partial charge in [-0.05, 0) is 7.05 Å². The molecular weight excluding hydrogens is 220 g/mol. The Bertz CT molecular complexity index is 264. The van der Waals surface area contributed by atoms with Crippen LogP contribution < -0.4 is 10.6 Å². The zero-order valence-corrected chi connectivity index (χ0v) is 10.7. The van der Waals surface area contributed by atoms with Crippen LogP contribution in [-0.2, 0) is 9.59 Å². The molecule has 0 radical (unpaired) electrons. The van der Waals surface area contributed by atoms with E-state index in [0.29, 0.717) is 19.5 Å². The smallest absolute Gasteiger partial charge is 0.236 e. The molecule has 17 heavy (non-hydrogen) atoms. The highest BCUT2D eigenvalue weighted by molar-refractivity contribution is 5.78. The Balaban J connectivity index is 2.22. The molecule has 1 heterocycles. The molecule has 2 amide bonds. The minimum absolute atomic E-state index is 0.00599. The molecule has 0 spiro atoms. The van der Waals surface area contributed by atoms with Crippen molar-refractivity contribution in [1.29, 1.82) is 0 Å². The number of carbonyl (C=O) groups is 2. The zero-order valence-electron chi connectivity index (χ0n) is 10.7. The summed E-state index contributed by atoms with van der Waals surface area (Å²) >= 11 is 0. The molecule has 0 aromatic rings. The van der Waals surface area contributed by atoms with Gasteiger partial charge in [-0.15, -0.1) is 0 Å². The Hall–Kier alpha value is -1.14.